The Labute approximate surface area is 185 Å². The smallest absolute Gasteiger partial charge is 0.253 e. The molecule has 0 fully saturated rings. The van der Waals surface area contributed by atoms with Gasteiger partial charge in [-0.3, -0.25) is 13.9 Å². The molecule has 2 rings (SSSR count). The summed E-state index contributed by atoms with van der Waals surface area (Å²) in [5.74, 6) is -1.06. The van der Waals surface area contributed by atoms with Gasteiger partial charge in [-0.05, 0) is 24.3 Å². The van der Waals surface area contributed by atoms with Crippen LogP contribution in [-0.2, 0) is 19.6 Å². The Bertz CT molecular complexity index is 1030. The summed E-state index contributed by atoms with van der Waals surface area (Å²) in [6.45, 7) is 0.0786. The predicted molar refractivity (Wildman–Crippen MR) is 118 cm³/mol. The fourth-order valence-electron chi connectivity index (χ4n) is 2.54. The Hall–Kier alpha value is -2.33. The number of nitrogens with one attached hydrogen (secondary N) is 2. The van der Waals surface area contributed by atoms with Gasteiger partial charge < -0.3 is 15.4 Å². The number of halogens is 2. The highest BCUT2D eigenvalue weighted by atomic mass is 35.5. The average Bonchev–Trinajstić information content (AvgIpc) is 2.68. The SMILES string of the molecule is COCCNC(=O)c1ccccc1NC(=O)CN(c1cccc(Cl)c1Cl)S(C)(=O)=O. The lowest BCUT2D eigenvalue weighted by Crippen LogP contribution is -2.38. The van der Waals surface area contributed by atoms with Crippen LogP contribution in [0.15, 0.2) is 42.5 Å². The topological polar surface area (TPSA) is 105 Å². The molecular weight excluding hydrogens is 453 g/mol. The molecule has 0 unspecified atom stereocenters. The largest absolute Gasteiger partial charge is 0.383 e. The molecule has 162 valence electrons. The molecule has 11 heteroatoms. The van der Waals surface area contributed by atoms with Crippen molar-refractivity contribution in [3.8, 4) is 0 Å². The van der Waals surface area contributed by atoms with Crippen molar-refractivity contribution in [1.29, 1.82) is 0 Å². The van der Waals surface area contributed by atoms with Crippen LogP contribution in [0.25, 0.3) is 0 Å². The van der Waals surface area contributed by atoms with Crippen molar-refractivity contribution in [2.24, 2.45) is 0 Å². The number of amides is 2. The zero-order valence-electron chi connectivity index (χ0n) is 16.3. The van der Waals surface area contributed by atoms with E-state index in [1.807, 2.05) is 0 Å². The van der Waals surface area contributed by atoms with Gasteiger partial charge in [0, 0.05) is 13.7 Å². The van der Waals surface area contributed by atoms with E-state index in [2.05, 4.69) is 10.6 Å². The number of carbonyl (C=O) groups excluding carboxylic acids is 2. The van der Waals surface area contributed by atoms with Gasteiger partial charge in [0.1, 0.15) is 6.54 Å². The number of ether oxygens (including phenoxy) is 1. The van der Waals surface area contributed by atoms with Gasteiger partial charge in [-0.15, -0.1) is 0 Å². The number of anilines is 2. The van der Waals surface area contributed by atoms with Crippen LogP contribution < -0.4 is 14.9 Å². The maximum Gasteiger partial charge on any atom is 0.253 e. The van der Waals surface area contributed by atoms with Crippen molar-refractivity contribution in [3.63, 3.8) is 0 Å². The average molecular weight is 474 g/mol. The number of nitrogens with zero attached hydrogens (tertiary/aromatic N) is 1. The minimum atomic E-state index is -3.85. The standard InChI is InChI=1S/C19H21Cl2N3O5S/c1-29-11-10-22-19(26)13-6-3-4-8-15(13)23-17(25)12-24(30(2,27)28)16-9-5-7-14(20)18(16)21/h3-9H,10-12H2,1-2H3,(H,22,26)(H,23,25). The zero-order valence-corrected chi connectivity index (χ0v) is 18.6. The molecular formula is C19H21Cl2N3O5S. The lowest BCUT2D eigenvalue weighted by Gasteiger charge is -2.23. The fourth-order valence-corrected chi connectivity index (χ4v) is 3.85. The first-order valence-corrected chi connectivity index (χ1v) is 11.3. The molecule has 2 N–H and O–H groups in total. The van der Waals surface area contributed by atoms with Crippen molar-refractivity contribution in [3.05, 3.63) is 58.1 Å². The van der Waals surface area contributed by atoms with Crippen LogP contribution in [0.5, 0.6) is 0 Å². The Morgan fingerprint density at radius 3 is 2.47 bits per heavy atom. The zero-order chi connectivity index (χ0) is 22.3. The maximum atomic E-state index is 12.6. The molecule has 0 bridgehead atoms. The lowest BCUT2D eigenvalue weighted by atomic mass is 10.1. The molecule has 30 heavy (non-hydrogen) atoms. The number of carbonyl (C=O) groups is 2. The first kappa shape index (κ1) is 23.9. The van der Waals surface area contributed by atoms with Gasteiger partial charge in [-0.1, -0.05) is 41.4 Å². The Balaban J connectivity index is 2.23. The van der Waals surface area contributed by atoms with E-state index in [-0.39, 0.29) is 27.0 Å². The molecule has 8 nitrogen and oxygen atoms in total. The van der Waals surface area contributed by atoms with Crippen molar-refractivity contribution >= 4 is 56.4 Å². The molecule has 0 atom stereocenters. The van der Waals surface area contributed by atoms with Crippen LogP contribution in [0.2, 0.25) is 10.0 Å². The fraction of sp³-hybridized carbons (Fsp3) is 0.263. The second-order valence-corrected chi connectivity index (χ2v) is 8.88. The summed E-state index contributed by atoms with van der Waals surface area (Å²) in [5.41, 5.74) is 0.545. The van der Waals surface area contributed by atoms with Crippen LogP contribution in [0.1, 0.15) is 10.4 Å². The maximum absolute atomic E-state index is 12.6. The highest BCUT2D eigenvalue weighted by Crippen LogP contribution is 2.33. The molecule has 2 aromatic carbocycles. The summed E-state index contributed by atoms with van der Waals surface area (Å²) < 4.78 is 30.3. The van der Waals surface area contributed by atoms with E-state index in [9.17, 15) is 18.0 Å². The highest BCUT2D eigenvalue weighted by molar-refractivity contribution is 7.92. The molecule has 0 aliphatic rings. The summed E-state index contributed by atoms with van der Waals surface area (Å²) in [6.07, 6.45) is 0.953. The van der Waals surface area contributed by atoms with Crippen LogP contribution >= 0.6 is 23.2 Å². The van der Waals surface area contributed by atoms with Crippen molar-refractivity contribution < 1.29 is 22.7 Å². The van der Waals surface area contributed by atoms with E-state index in [1.165, 1.54) is 25.3 Å². The summed E-state index contributed by atoms with van der Waals surface area (Å²) in [4.78, 5) is 25.0. The second kappa shape index (κ2) is 10.6. The number of methoxy groups -OCH3 is 1. The minimum absolute atomic E-state index is 0.00955. The predicted octanol–water partition coefficient (Wildman–Crippen LogP) is 2.77. The Kier molecular flexibility index (Phi) is 8.48. The molecule has 2 aromatic rings. The lowest BCUT2D eigenvalue weighted by molar-refractivity contribution is -0.114. The summed E-state index contributed by atoms with van der Waals surface area (Å²) in [5, 5.41) is 5.40. The van der Waals surface area contributed by atoms with Crippen LogP contribution in [-0.4, -0.2) is 53.3 Å². The highest BCUT2D eigenvalue weighted by Gasteiger charge is 2.24. The number of hydrogen-bond donors (Lipinski definition) is 2. The molecule has 0 aliphatic carbocycles. The first-order valence-electron chi connectivity index (χ1n) is 8.73. The van der Waals surface area contributed by atoms with E-state index < -0.39 is 28.4 Å². The second-order valence-electron chi connectivity index (χ2n) is 6.19. The summed E-state index contributed by atoms with van der Waals surface area (Å²) >= 11 is 12.1. The van der Waals surface area contributed by atoms with Gasteiger partial charge in [0.15, 0.2) is 0 Å². The van der Waals surface area contributed by atoms with Crippen LogP contribution in [0, 0.1) is 0 Å². The number of para-hydroxylation sites is 1. The Morgan fingerprint density at radius 1 is 1.10 bits per heavy atom. The van der Waals surface area contributed by atoms with Gasteiger partial charge in [0.2, 0.25) is 15.9 Å². The first-order chi connectivity index (χ1) is 14.1. The molecule has 0 heterocycles. The van der Waals surface area contributed by atoms with Crippen LogP contribution in [0.3, 0.4) is 0 Å². The van der Waals surface area contributed by atoms with E-state index in [4.69, 9.17) is 27.9 Å². The Morgan fingerprint density at radius 2 is 1.80 bits per heavy atom. The summed E-state index contributed by atoms with van der Waals surface area (Å²) in [6, 6.07) is 10.9. The molecule has 0 saturated heterocycles. The normalized spacial score (nSPS) is 11.1. The quantitative estimate of drug-likeness (QED) is 0.544. The van der Waals surface area contributed by atoms with E-state index in [0.717, 1.165) is 10.6 Å². The molecule has 0 aromatic heterocycles. The number of benzene rings is 2. The van der Waals surface area contributed by atoms with Crippen LogP contribution in [0.4, 0.5) is 11.4 Å². The van der Waals surface area contributed by atoms with Gasteiger partial charge in [0.05, 0.1) is 39.8 Å². The number of sulfonamides is 1. The van der Waals surface area contributed by atoms with Crippen molar-refractivity contribution in [1.82, 2.24) is 5.32 Å². The van der Waals surface area contributed by atoms with E-state index in [1.54, 1.807) is 24.3 Å². The monoisotopic (exact) mass is 473 g/mol. The molecule has 0 saturated carbocycles. The molecule has 0 aliphatic heterocycles. The summed E-state index contributed by atoms with van der Waals surface area (Å²) in [7, 11) is -2.34. The van der Waals surface area contributed by atoms with E-state index >= 15 is 0 Å². The van der Waals surface area contributed by atoms with Crippen molar-refractivity contribution in [2.75, 3.05) is 42.7 Å². The molecule has 0 radical (unpaired) electrons. The van der Waals surface area contributed by atoms with Gasteiger partial charge in [-0.25, -0.2) is 8.42 Å². The van der Waals surface area contributed by atoms with E-state index in [0.29, 0.717) is 13.2 Å². The molecule has 0 spiro atoms. The minimum Gasteiger partial charge on any atom is -0.383 e. The third-order valence-electron chi connectivity index (χ3n) is 3.92. The molecule has 2 amide bonds. The van der Waals surface area contributed by atoms with Crippen molar-refractivity contribution in [2.45, 2.75) is 0 Å². The number of hydrogen-bond acceptors (Lipinski definition) is 5. The number of rotatable bonds is 9. The van der Waals surface area contributed by atoms with Gasteiger partial charge in [-0.2, -0.15) is 0 Å². The van der Waals surface area contributed by atoms with Gasteiger partial charge in [0.25, 0.3) is 5.91 Å². The third kappa shape index (κ3) is 6.33. The third-order valence-corrected chi connectivity index (χ3v) is 5.86. The van der Waals surface area contributed by atoms with Gasteiger partial charge >= 0.3 is 0 Å².